The van der Waals surface area contributed by atoms with E-state index in [1.807, 2.05) is 0 Å². The predicted molar refractivity (Wildman–Crippen MR) is 293 cm³/mol. The number of thiol groups is 2. The average molecular weight is 1150 g/mol. The third-order valence-electron chi connectivity index (χ3n) is 11.6. The minimum absolute atomic E-state index is 0.00897. The van der Waals surface area contributed by atoms with Gasteiger partial charge in [0.25, 0.3) is 0 Å². The molecule has 2 aromatic rings. The van der Waals surface area contributed by atoms with E-state index in [4.69, 9.17) is 40.1 Å². The number of nitrogens with two attached hydrogens (primary N) is 7. The van der Waals surface area contributed by atoms with E-state index in [1.54, 1.807) is 54.6 Å². The van der Waals surface area contributed by atoms with E-state index in [1.165, 1.54) is 11.8 Å². The largest absolute Gasteiger partial charge is 0.480 e. The summed E-state index contributed by atoms with van der Waals surface area (Å²) in [5.74, 6) is -7.75. The second-order valence-electron chi connectivity index (χ2n) is 17.5. The van der Waals surface area contributed by atoms with Crippen LogP contribution in [-0.4, -0.2) is 160 Å². The minimum atomic E-state index is -1.42. The highest BCUT2D eigenvalue weighted by atomic mass is 79.9. The molecule has 2 aromatic carbocycles. The van der Waals surface area contributed by atoms with Crippen LogP contribution in [0.5, 0.6) is 0 Å². The van der Waals surface area contributed by atoms with Gasteiger partial charge in [0.05, 0.1) is 12.6 Å². The summed E-state index contributed by atoms with van der Waals surface area (Å²) >= 11 is 11.8. The summed E-state index contributed by atoms with van der Waals surface area (Å²) < 4.78 is 0. The molecule has 1 aliphatic heterocycles. The van der Waals surface area contributed by atoms with Gasteiger partial charge in [-0.2, -0.15) is 25.3 Å². The van der Waals surface area contributed by atoms with Crippen molar-refractivity contribution in [2.75, 3.05) is 31.1 Å². The van der Waals surface area contributed by atoms with Gasteiger partial charge >= 0.3 is 5.97 Å². The van der Waals surface area contributed by atoms with Crippen LogP contribution in [-0.2, 0) is 57.7 Å². The van der Waals surface area contributed by atoms with Gasteiger partial charge < -0.3 is 82.0 Å². The smallest absolute Gasteiger partial charge is 0.327 e. The van der Waals surface area contributed by atoms with Crippen molar-refractivity contribution in [1.82, 2.24) is 36.8 Å². The second-order valence-corrected chi connectivity index (χ2v) is 19.5. The summed E-state index contributed by atoms with van der Waals surface area (Å²) in [7, 11) is 0. The van der Waals surface area contributed by atoms with E-state index in [0.29, 0.717) is 17.5 Å². The van der Waals surface area contributed by atoms with Crippen LogP contribution in [0.25, 0.3) is 0 Å². The zero-order chi connectivity index (χ0) is 55.8. The molecule has 0 radical (unpaired) electrons. The first kappa shape index (κ1) is 62.4. The molecule has 7 amide bonds. The first-order valence-electron chi connectivity index (χ1n) is 23.8. The number of carboxylic acids is 1. The highest BCUT2D eigenvalue weighted by Crippen LogP contribution is 2.26. The Bertz CT molecular complexity index is 2380. The Kier molecular flexibility index (Phi) is 26.5. The molecule has 0 saturated carbocycles. The number of guanidine groups is 3. The van der Waals surface area contributed by atoms with Crippen molar-refractivity contribution in [1.29, 1.82) is 0 Å². The van der Waals surface area contributed by atoms with Gasteiger partial charge in [0.2, 0.25) is 41.4 Å². The number of aliphatic carboxylic acids is 1. The number of amides is 7. The molecule has 1 heterocycles. The molecule has 1 aliphatic rings. The molecule has 75 heavy (non-hydrogen) atoms. The zero-order valence-corrected chi connectivity index (χ0v) is 44.8. The molecule has 1 unspecified atom stereocenters. The summed E-state index contributed by atoms with van der Waals surface area (Å²) in [5.41, 5.74) is 41.0. The molecule has 0 bridgehead atoms. The number of carbonyl (C=O) groups excluding carboxylic acids is 7. The van der Waals surface area contributed by atoms with Crippen LogP contribution < -0.4 is 72.0 Å². The average Bonchev–Trinajstić information content (AvgIpc) is 3.37. The van der Waals surface area contributed by atoms with Gasteiger partial charge in [-0.3, -0.25) is 48.5 Å². The lowest BCUT2D eigenvalue weighted by molar-refractivity contribution is -0.147. The number of nitrogens with zero attached hydrogens (tertiary/aromatic N) is 4. The number of carboxylic acid groups (broad SMARTS) is 1. The van der Waals surface area contributed by atoms with Crippen molar-refractivity contribution in [3.05, 3.63) is 71.3 Å². The van der Waals surface area contributed by atoms with Crippen LogP contribution in [0.15, 0.2) is 69.6 Å². The lowest BCUT2D eigenvalue weighted by atomic mass is 9.92. The molecule has 0 spiro atoms. The van der Waals surface area contributed by atoms with Crippen molar-refractivity contribution < 1.29 is 43.5 Å². The Morgan fingerprint density at radius 3 is 1.76 bits per heavy atom. The van der Waals surface area contributed by atoms with E-state index < -0.39 is 100 Å². The number of benzene rings is 2. The first-order valence-corrected chi connectivity index (χ1v) is 26.0. The number of alkyl halides is 1. The van der Waals surface area contributed by atoms with Gasteiger partial charge in [0, 0.05) is 48.8 Å². The van der Waals surface area contributed by atoms with Gasteiger partial charge in [0.15, 0.2) is 17.9 Å². The van der Waals surface area contributed by atoms with Crippen LogP contribution in [0, 0.1) is 0 Å². The quantitative estimate of drug-likeness (QED) is 0.0116. The maximum absolute atomic E-state index is 15.0. The van der Waals surface area contributed by atoms with Crippen LogP contribution in [0.1, 0.15) is 55.7 Å². The lowest BCUT2D eigenvalue weighted by Gasteiger charge is -2.39. The van der Waals surface area contributed by atoms with Crippen LogP contribution >= 0.6 is 41.2 Å². The van der Waals surface area contributed by atoms with E-state index in [0.717, 1.165) is 5.56 Å². The Balaban J connectivity index is 1.96. The Hall–Kier alpha value is -6.85. The Morgan fingerprint density at radius 2 is 1.17 bits per heavy atom. The lowest BCUT2D eigenvalue weighted by Crippen LogP contribution is -2.62. The molecule has 0 fully saturated rings. The Labute approximate surface area is 453 Å². The van der Waals surface area contributed by atoms with E-state index in [9.17, 15) is 43.5 Å². The van der Waals surface area contributed by atoms with Crippen LogP contribution in [0.2, 0.25) is 0 Å². The van der Waals surface area contributed by atoms with E-state index in [2.05, 4.69) is 88.1 Å². The maximum Gasteiger partial charge on any atom is 0.327 e. The third-order valence-corrected chi connectivity index (χ3v) is 13.0. The number of aliphatic imine (C=N–C) groups is 3. The fourth-order valence-electron chi connectivity index (χ4n) is 7.57. The molecule has 9 atom stereocenters. The highest BCUT2D eigenvalue weighted by molar-refractivity contribution is 9.09. The van der Waals surface area contributed by atoms with Crippen LogP contribution in [0.3, 0.4) is 0 Å². The Morgan fingerprint density at radius 1 is 0.653 bits per heavy atom. The second kappa shape index (κ2) is 31.8. The summed E-state index contributed by atoms with van der Waals surface area (Å²) in [6.07, 6.45) is 0.404. The molecule has 0 saturated heterocycles. The van der Waals surface area contributed by atoms with Crippen molar-refractivity contribution in [2.45, 2.75) is 112 Å². The molecule has 0 aromatic heterocycles. The van der Waals surface area contributed by atoms with Gasteiger partial charge in [-0.15, -0.1) is 0 Å². The summed E-state index contributed by atoms with van der Waals surface area (Å²) in [4.78, 5) is 122. The predicted octanol–water partition coefficient (Wildman–Crippen LogP) is -4.08. The molecule has 26 nitrogen and oxygen atoms in total. The van der Waals surface area contributed by atoms with Crippen molar-refractivity contribution in [3.63, 3.8) is 0 Å². The number of fused-ring (bicyclic) bond motifs is 1. The number of hydrogen-bond acceptors (Lipinski definition) is 14. The van der Waals surface area contributed by atoms with Gasteiger partial charge in [-0.05, 0) is 55.7 Å². The molecule has 3 rings (SSSR count). The normalized spacial score (nSPS) is 16.0. The molecule has 29 heteroatoms. The van der Waals surface area contributed by atoms with Gasteiger partial charge in [0.1, 0.15) is 42.3 Å². The summed E-state index contributed by atoms with van der Waals surface area (Å²) in [5, 5.41) is 25.4. The van der Waals surface area contributed by atoms with Crippen molar-refractivity contribution in [3.8, 4) is 0 Å². The van der Waals surface area contributed by atoms with Crippen molar-refractivity contribution in [2.24, 2.45) is 55.1 Å². The molecule has 21 N–H and O–H groups in total. The SMILES string of the molecule is C[C@@H](NC(=O)[C@H](CS)NC(=O)[C@@H](N)CCCN=C(N)N)C(=O)N[C@@H](CCCN=C(N)N)C(=O)N[C@H](Cc1ccccc1)C(=O)N[C@@H](CC(Br)CN=C(N)N)C(=O)N1Cc2ccccc2C[C@@H]1C(=O)N[C@@H](CS)C(=O)O. The minimum Gasteiger partial charge on any atom is -0.480 e. The molecular formula is C46H70BrN17O9S2. The molecule has 0 aliphatic carbocycles. The maximum atomic E-state index is 15.0. The summed E-state index contributed by atoms with van der Waals surface area (Å²) in [6.45, 7) is 1.50. The first-order chi connectivity index (χ1) is 35.5. The number of carbonyl (C=O) groups is 8. The van der Waals surface area contributed by atoms with E-state index in [-0.39, 0.29) is 94.1 Å². The number of rotatable bonds is 30. The molecular weight excluding hydrogens is 1080 g/mol. The summed E-state index contributed by atoms with van der Waals surface area (Å²) in [6, 6.07) is 5.40. The van der Waals surface area contributed by atoms with Gasteiger partial charge in [-0.1, -0.05) is 70.5 Å². The topological polar surface area (TPSA) is 451 Å². The third kappa shape index (κ3) is 21.5. The highest BCUT2D eigenvalue weighted by Gasteiger charge is 2.40. The number of hydrogen-bond donors (Lipinski definition) is 16. The fraction of sp³-hybridized carbons (Fsp3) is 0.500. The fourth-order valence-corrected chi connectivity index (χ4v) is 8.60. The van der Waals surface area contributed by atoms with Gasteiger partial charge in [-0.25, -0.2) is 4.79 Å². The zero-order valence-electron chi connectivity index (χ0n) is 41.4. The standard InChI is InChI=1S/C46H70BrN17O9S2/c1-24(58-40(69)33(22-74)62-37(66)29(48)13-7-15-55-44(49)50)36(65)59-30(14-8-16-56-45(51)52)38(67)60-31(17-25-9-3-2-4-10-25)39(68)61-32(19-28(47)20-57-46(53)54)42(71)64-21-27-12-6-5-11-26(27)18-35(64)41(70)63-34(23-75)43(72)73/h2-6,9-12,24,28-35,74-75H,7-8,13-23,48H2,1H3,(H,58,69)(H,59,65)(H,60,67)(H,61,68)(H,62,66)(H,63,70)(H,72,73)(H4,49,50,55)(H4,51,52,56)(H4,53,54,57)/t24-,28?,29+,30+,31-,32+,33+,34+,35-/m1/s1. The van der Waals surface area contributed by atoms with E-state index >= 15 is 0 Å². The monoisotopic (exact) mass is 1150 g/mol. The number of nitrogens with one attached hydrogen (secondary N) is 6. The molecule has 412 valence electrons. The van der Waals surface area contributed by atoms with Crippen molar-refractivity contribution >= 4 is 106 Å². The van der Waals surface area contributed by atoms with Crippen LogP contribution in [0.4, 0.5) is 0 Å². The number of halogens is 1.